The number of hydrogen-bond donors (Lipinski definition) is 1. The summed E-state index contributed by atoms with van der Waals surface area (Å²) < 4.78 is 28.3. The fourth-order valence-corrected chi connectivity index (χ4v) is 3.64. The second kappa shape index (κ2) is 9.11. The molecule has 2 aromatic carbocycles. The third-order valence-corrected chi connectivity index (χ3v) is 5.24. The van der Waals surface area contributed by atoms with Crippen molar-refractivity contribution in [3.05, 3.63) is 59.4 Å². The van der Waals surface area contributed by atoms with Crippen LogP contribution in [0.25, 0.3) is 5.70 Å². The Kier molecular flexibility index (Phi) is 6.07. The van der Waals surface area contributed by atoms with E-state index in [1.54, 1.807) is 33.1 Å². The first-order chi connectivity index (χ1) is 16.0. The van der Waals surface area contributed by atoms with Gasteiger partial charge in [0.25, 0.3) is 5.82 Å². The fourth-order valence-electron chi connectivity index (χ4n) is 3.64. The van der Waals surface area contributed by atoms with E-state index in [2.05, 4.69) is 15.4 Å². The standard InChI is InChI=1S/C23H24N4O6/c1-29-15-8-6-7-13(9-15)16-12-17(27-23(24-16)25-21(26-27)22(28)33-5)14-10-18(30-2)20(32-4)19(11-14)31-3/h6-12,17H,1-5H3,(H,24,25,26)/t17-/m1/s1. The molecule has 33 heavy (non-hydrogen) atoms. The number of ether oxygens (including phenoxy) is 5. The molecule has 0 fully saturated rings. The van der Waals surface area contributed by atoms with Gasteiger partial charge in [0.05, 0.1) is 35.5 Å². The normalized spacial score (nSPS) is 14.5. The number of carbonyl (C=O) groups is 1. The number of rotatable bonds is 7. The monoisotopic (exact) mass is 452 g/mol. The zero-order chi connectivity index (χ0) is 23.5. The lowest BCUT2D eigenvalue weighted by atomic mass is 10.0. The Morgan fingerprint density at radius 3 is 2.30 bits per heavy atom. The van der Waals surface area contributed by atoms with Crippen LogP contribution in [0, 0.1) is 0 Å². The Morgan fingerprint density at radius 1 is 0.970 bits per heavy atom. The number of esters is 1. The molecule has 1 N–H and O–H groups in total. The molecule has 0 amide bonds. The zero-order valence-electron chi connectivity index (χ0n) is 18.9. The lowest BCUT2D eigenvalue weighted by molar-refractivity contribution is 0.0586. The van der Waals surface area contributed by atoms with Crippen LogP contribution in [-0.4, -0.2) is 56.3 Å². The Bertz CT molecular complexity index is 1190. The number of allylic oxidation sites excluding steroid dienone is 1. The maximum absolute atomic E-state index is 12.1. The largest absolute Gasteiger partial charge is 0.497 e. The molecule has 1 aliphatic rings. The predicted molar refractivity (Wildman–Crippen MR) is 120 cm³/mol. The number of fused-ring (bicyclic) bond motifs is 1. The van der Waals surface area contributed by atoms with E-state index in [1.165, 1.54) is 7.11 Å². The first-order valence-corrected chi connectivity index (χ1v) is 10.0. The summed E-state index contributed by atoms with van der Waals surface area (Å²) in [6, 6.07) is 10.8. The summed E-state index contributed by atoms with van der Waals surface area (Å²) in [7, 11) is 7.55. The second-order valence-corrected chi connectivity index (χ2v) is 7.04. The number of hydrogen-bond acceptors (Lipinski definition) is 9. The third-order valence-electron chi connectivity index (χ3n) is 5.24. The van der Waals surface area contributed by atoms with Crippen LogP contribution >= 0.6 is 0 Å². The number of benzene rings is 2. The lowest BCUT2D eigenvalue weighted by Crippen LogP contribution is -2.20. The van der Waals surface area contributed by atoms with Gasteiger partial charge in [0, 0.05) is 11.3 Å². The molecule has 10 heteroatoms. The molecule has 0 spiro atoms. The van der Waals surface area contributed by atoms with Crippen LogP contribution < -0.4 is 24.3 Å². The SMILES string of the molecule is COC(=O)c1nc2n(n1)[C@@H](c1cc(OC)c(OC)c(OC)c1)C=C(c1cccc(OC)c1)N2. The van der Waals surface area contributed by atoms with Crippen LogP contribution in [0.2, 0.25) is 0 Å². The molecular weight excluding hydrogens is 428 g/mol. The van der Waals surface area contributed by atoms with E-state index >= 15 is 0 Å². The lowest BCUT2D eigenvalue weighted by Gasteiger charge is -2.25. The number of aromatic nitrogens is 3. The van der Waals surface area contributed by atoms with Gasteiger partial charge in [-0.05, 0) is 35.9 Å². The van der Waals surface area contributed by atoms with Crippen molar-refractivity contribution in [2.24, 2.45) is 0 Å². The topological polar surface area (TPSA) is 106 Å². The number of anilines is 1. The molecule has 3 aromatic rings. The fraction of sp³-hybridized carbons (Fsp3) is 0.261. The smallest absolute Gasteiger partial charge is 0.378 e. The summed E-state index contributed by atoms with van der Waals surface area (Å²) in [5.41, 5.74) is 2.43. The number of carbonyl (C=O) groups excluding carboxylic acids is 1. The van der Waals surface area contributed by atoms with Gasteiger partial charge in [0.1, 0.15) is 11.8 Å². The van der Waals surface area contributed by atoms with Gasteiger partial charge in [-0.1, -0.05) is 12.1 Å². The molecule has 1 aliphatic heterocycles. The van der Waals surface area contributed by atoms with Crippen LogP contribution in [0.5, 0.6) is 23.0 Å². The summed E-state index contributed by atoms with van der Waals surface area (Å²) in [6.45, 7) is 0. The van der Waals surface area contributed by atoms with Gasteiger partial charge in [-0.2, -0.15) is 4.98 Å². The number of nitrogens with zero attached hydrogens (tertiary/aromatic N) is 3. The van der Waals surface area contributed by atoms with Gasteiger partial charge in [0.2, 0.25) is 11.7 Å². The van der Waals surface area contributed by atoms with E-state index in [0.29, 0.717) is 28.9 Å². The highest BCUT2D eigenvalue weighted by atomic mass is 16.5. The molecular formula is C23H24N4O6. The Morgan fingerprint density at radius 2 is 1.70 bits per heavy atom. The molecule has 172 valence electrons. The minimum atomic E-state index is -0.634. The van der Waals surface area contributed by atoms with Gasteiger partial charge >= 0.3 is 5.97 Å². The van der Waals surface area contributed by atoms with Crippen LogP contribution in [0.1, 0.15) is 27.8 Å². The van der Waals surface area contributed by atoms with Crippen molar-refractivity contribution in [1.82, 2.24) is 14.8 Å². The first-order valence-electron chi connectivity index (χ1n) is 10.0. The van der Waals surface area contributed by atoms with Crippen molar-refractivity contribution in [2.45, 2.75) is 6.04 Å². The minimum absolute atomic E-state index is 0.0577. The van der Waals surface area contributed by atoms with E-state index in [1.807, 2.05) is 42.5 Å². The van der Waals surface area contributed by atoms with Crippen LogP contribution in [0.15, 0.2) is 42.5 Å². The van der Waals surface area contributed by atoms with Crippen molar-refractivity contribution in [1.29, 1.82) is 0 Å². The van der Waals surface area contributed by atoms with Crippen LogP contribution in [0.3, 0.4) is 0 Å². The van der Waals surface area contributed by atoms with E-state index in [9.17, 15) is 4.79 Å². The average molecular weight is 452 g/mol. The molecule has 0 saturated carbocycles. The van der Waals surface area contributed by atoms with Gasteiger partial charge in [0.15, 0.2) is 11.5 Å². The van der Waals surface area contributed by atoms with Crippen molar-refractivity contribution < 1.29 is 28.5 Å². The molecule has 2 heterocycles. The van der Waals surface area contributed by atoms with Crippen molar-refractivity contribution in [3.8, 4) is 23.0 Å². The average Bonchev–Trinajstić information content (AvgIpc) is 3.31. The quantitative estimate of drug-likeness (QED) is 0.541. The summed E-state index contributed by atoms with van der Waals surface area (Å²) in [5, 5.41) is 7.62. The third kappa shape index (κ3) is 4.02. The van der Waals surface area contributed by atoms with Gasteiger partial charge in [-0.3, -0.25) is 0 Å². The Labute approximate surface area is 190 Å². The first kappa shape index (κ1) is 22.0. The van der Waals surface area contributed by atoms with E-state index in [-0.39, 0.29) is 5.82 Å². The molecule has 10 nitrogen and oxygen atoms in total. The molecule has 1 atom stereocenters. The number of methoxy groups -OCH3 is 5. The van der Waals surface area contributed by atoms with E-state index in [0.717, 1.165) is 16.8 Å². The molecule has 4 rings (SSSR count). The maximum Gasteiger partial charge on any atom is 0.378 e. The highest BCUT2D eigenvalue weighted by molar-refractivity contribution is 5.86. The summed E-state index contributed by atoms with van der Waals surface area (Å²) in [5.74, 6) is 1.87. The summed E-state index contributed by atoms with van der Waals surface area (Å²) in [6.07, 6.45) is 1.97. The van der Waals surface area contributed by atoms with Gasteiger partial charge < -0.3 is 29.0 Å². The molecule has 0 unspecified atom stereocenters. The molecule has 0 radical (unpaired) electrons. The van der Waals surface area contributed by atoms with Crippen molar-refractivity contribution in [2.75, 3.05) is 40.9 Å². The zero-order valence-corrected chi connectivity index (χ0v) is 18.9. The molecule has 1 aromatic heterocycles. The van der Waals surface area contributed by atoms with Crippen molar-refractivity contribution in [3.63, 3.8) is 0 Å². The molecule has 0 bridgehead atoms. The Hall–Kier alpha value is -4.21. The van der Waals surface area contributed by atoms with Crippen molar-refractivity contribution >= 4 is 17.6 Å². The predicted octanol–water partition coefficient (Wildman–Crippen LogP) is 3.16. The minimum Gasteiger partial charge on any atom is -0.497 e. The highest BCUT2D eigenvalue weighted by Gasteiger charge is 2.29. The van der Waals surface area contributed by atoms with Gasteiger partial charge in [-0.15, -0.1) is 5.10 Å². The summed E-state index contributed by atoms with van der Waals surface area (Å²) >= 11 is 0. The number of nitrogens with one attached hydrogen (secondary N) is 1. The van der Waals surface area contributed by atoms with Crippen LogP contribution in [-0.2, 0) is 4.74 Å². The second-order valence-electron chi connectivity index (χ2n) is 7.04. The highest BCUT2D eigenvalue weighted by Crippen LogP contribution is 2.42. The Balaban J connectivity index is 1.89. The summed E-state index contributed by atoms with van der Waals surface area (Å²) in [4.78, 5) is 16.5. The van der Waals surface area contributed by atoms with E-state index < -0.39 is 12.0 Å². The molecule has 0 saturated heterocycles. The molecule has 0 aliphatic carbocycles. The van der Waals surface area contributed by atoms with Gasteiger partial charge in [-0.25, -0.2) is 9.48 Å². The maximum atomic E-state index is 12.1. The van der Waals surface area contributed by atoms with E-state index in [4.69, 9.17) is 23.7 Å². The van der Waals surface area contributed by atoms with Crippen LogP contribution in [0.4, 0.5) is 5.95 Å².